The fourth-order valence-electron chi connectivity index (χ4n) is 3.70. The van der Waals surface area contributed by atoms with Crippen LogP contribution in [0.15, 0.2) is 24.3 Å². The predicted octanol–water partition coefficient (Wildman–Crippen LogP) is 2.23. The molecule has 8 heteroatoms. The van der Waals surface area contributed by atoms with Crippen molar-refractivity contribution in [2.24, 2.45) is 0 Å². The molecule has 2 unspecified atom stereocenters. The first kappa shape index (κ1) is 20.0. The molecule has 2 heterocycles. The standard InChI is InChI=1S/C17H25N3O3S.ClH/c1-2-11-24(22,23)19-16-6-4-3-5-15(16)17(21)20-13-7-8-14(20)12-18-10-9-13;/h3-6,13-14,18-19H,2,7-12H2,1H3;1H. The summed E-state index contributed by atoms with van der Waals surface area (Å²) < 4.78 is 26.8. The molecule has 2 aliphatic rings. The number of halogens is 1. The van der Waals surface area contributed by atoms with E-state index in [0.717, 1.165) is 32.4 Å². The van der Waals surface area contributed by atoms with E-state index < -0.39 is 10.0 Å². The molecule has 6 nitrogen and oxygen atoms in total. The molecule has 2 N–H and O–H groups in total. The van der Waals surface area contributed by atoms with Gasteiger partial charge in [0.15, 0.2) is 0 Å². The smallest absolute Gasteiger partial charge is 0.256 e. The van der Waals surface area contributed by atoms with Crippen LogP contribution in [0.3, 0.4) is 0 Å². The minimum atomic E-state index is -3.42. The number of hydrogen-bond acceptors (Lipinski definition) is 4. The fourth-order valence-corrected chi connectivity index (χ4v) is 4.85. The third-order valence-corrected chi connectivity index (χ3v) is 6.26. The number of nitrogens with one attached hydrogen (secondary N) is 2. The van der Waals surface area contributed by atoms with Crippen LogP contribution in [0.25, 0.3) is 0 Å². The minimum absolute atomic E-state index is 0. The highest BCUT2D eigenvalue weighted by Gasteiger charge is 2.39. The summed E-state index contributed by atoms with van der Waals surface area (Å²) >= 11 is 0. The van der Waals surface area contributed by atoms with Gasteiger partial charge in [-0.2, -0.15) is 0 Å². The lowest BCUT2D eigenvalue weighted by Crippen LogP contribution is -2.42. The van der Waals surface area contributed by atoms with Gasteiger partial charge in [-0.25, -0.2) is 8.42 Å². The average Bonchev–Trinajstić information content (AvgIpc) is 2.79. The maximum atomic E-state index is 13.1. The van der Waals surface area contributed by atoms with Crippen molar-refractivity contribution in [3.05, 3.63) is 29.8 Å². The molecule has 0 aliphatic carbocycles. The summed E-state index contributed by atoms with van der Waals surface area (Å²) in [4.78, 5) is 15.1. The summed E-state index contributed by atoms with van der Waals surface area (Å²) in [5.74, 6) is -0.0185. The highest BCUT2D eigenvalue weighted by molar-refractivity contribution is 7.92. The fraction of sp³-hybridized carbons (Fsp3) is 0.588. The molecule has 25 heavy (non-hydrogen) atoms. The number of carbonyl (C=O) groups excluding carboxylic acids is 1. The van der Waals surface area contributed by atoms with E-state index in [4.69, 9.17) is 0 Å². The van der Waals surface area contributed by atoms with Gasteiger partial charge in [-0.3, -0.25) is 9.52 Å². The van der Waals surface area contributed by atoms with Crippen LogP contribution >= 0.6 is 12.4 Å². The molecule has 0 aromatic heterocycles. The molecule has 2 fully saturated rings. The van der Waals surface area contributed by atoms with Crippen molar-refractivity contribution < 1.29 is 13.2 Å². The first-order chi connectivity index (χ1) is 11.5. The van der Waals surface area contributed by atoms with Crippen molar-refractivity contribution in [2.75, 3.05) is 23.6 Å². The minimum Gasteiger partial charge on any atom is -0.331 e. The number of sulfonamides is 1. The van der Waals surface area contributed by atoms with Crippen molar-refractivity contribution in [2.45, 2.75) is 44.7 Å². The van der Waals surface area contributed by atoms with Crippen LogP contribution in [0, 0.1) is 0 Å². The van der Waals surface area contributed by atoms with E-state index in [1.54, 1.807) is 24.3 Å². The lowest BCUT2D eigenvalue weighted by atomic mass is 10.1. The number of carbonyl (C=O) groups is 1. The SMILES string of the molecule is CCCS(=O)(=O)Nc1ccccc1C(=O)N1C2CCNCC1CC2.Cl. The third kappa shape index (κ3) is 4.46. The van der Waals surface area contributed by atoms with E-state index in [-0.39, 0.29) is 36.2 Å². The van der Waals surface area contributed by atoms with Gasteiger partial charge in [-0.15, -0.1) is 12.4 Å². The molecule has 0 radical (unpaired) electrons. The number of hydrogen-bond donors (Lipinski definition) is 2. The predicted molar refractivity (Wildman–Crippen MR) is 102 cm³/mol. The molecule has 2 saturated heterocycles. The monoisotopic (exact) mass is 387 g/mol. The van der Waals surface area contributed by atoms with Crippen molar-refractivity contribution in [1.29, 1.82) is 0 Å². The summed E-state index contributed by atoms with van der Waals surface area (Å²) in [6.45, 7) is 3.56. The summed E-state index contributed by atoms with van der Waals surface area (Å²) in [5.41, 5.74) is 0.823. The van der Waals surface area contributed by atoms with Crippen LogP contribution in [-0.4, -0.2) is 50.2 Å². The molecule has 1 aromatic rings. The quantitative estimate of drug-likeness (QED) is 0.812. The third-order valence-electron chi connectivity index (χ3n) is 4.78. The Balaban J connectivity index is 0.00000225. The maximum absolute atomic E-state index is 13.1. The molecular weight excluding hydrogens is 362 g/mol. The van der Waals surface area contributed by atoms with Gasteiger partial charge in [0.1, 0.15) is 0 Å². The largest absolute Gasteiger partial charge is 0.331 e. The van der Waals surface area contributed by atoms with Gasteiger partial charge < -0.3 is 10.2 Å². The Hall–Kier alpha value is -1.31. The lowest BCUT2D eigenvalue weighted by molar-refractivity contribution is 0.0681. The number of anilines is 1. The Bertz CT molecular complexity index is 697. The van der Waals surface area contributed by atoms with E-state index in [1.807, 2.05) is 11.8 Å². The average molecular weight is 388 g/mol. The number of para-hydroxylation sites is 1. The van der Waals surface area contributed by atoms with Crippen molar-refractivity contribution in [3.8, 4) is 0 Å². The number of amides is 1. The van der Waals surface area contributed by atoms with Crippen LogP contribution in [-0.2, 0) is 10.0 Å². The molecule has 1 amide bonds. The molecule has 3 rings (SSSR count). The Kier molecular flexibility index (Phi) is 6.71. The number of benzene rings is 1. The van der Waals surface area contributed by atoms with E-state index in [2.05, 4.69) is 10.0 Å². The molecule has 2 bridgehead atoms. The summed E-state index contributed by atoms with van der Waals surface area (Å²) in [7, 11) is -3.42. The summed E-state index contributed by atoms with van der Waals surface area (Å²) in [6, 6.07) is 7.35. The van der Waals surface area contributed by atoms with Crippen LogP contribution in [0.1, 0.15) is 43.0 Å². The second-order valence-corrected chi connectivity index (χ2v) is 8.40. The summed E-state index contributed by atoms with van der Waals surface area (Å²) in [6.07, 6.45) is 3.52. The zero-order chi connectivity index (χ0) is 17.2. The normalized spacial score (nSPS) is 22.8. The second-order valence-electron chi connectivity index (χ2n) is 6.56. The second kappa shape index (κ2) is 8.38. The molecule has 2 aliphatic heterocycles. The van der Waals surface area contributed by atoms with Crippen molar-refractivity contribution >= 4 is 34.0 Å². The molecule has 1 aromatic carbocycles. The van der Waals surface area contributed by atoms with E-state index in [1.165, 1.54) is 0 Å². The molecular formula is C17H26ClN3O3S. The topological polar surface area (TPSA) is 78.5 Å². The summed E-state index contributed by atoms with van der Waals surface area (Å²) in [5, 5.41) is 3.38. The van der Waals surface area contributed by atoms with Gasteiger partial charge in [0.05, 0.1) is 17.0 Å². The van der Waals surface area contributed by atoms with Crippen LogP contribution in [0.5, 0.6) is 0 Å². The van der Waals surface area contributed by atoms with Gasteiger partial charge in [0.25, 0.3) is 5.91 Å². The van der Waals surface area contributed by atoms with Crippen LogP contribution < -0.4 is 10.0 Å². The zero-order valence-corrected chi connectivity index (χ0v) is 16.0. The first-order valence-corrected chi connectivity index (χ1v) is 10.3. The maximum Gasteiger partial charge on any atom is 0.256 e. The van der Waals surface area contributed by atoms with Gasteiger partial charge in [-0.05, 0) is 44.4 Å². The first-order valence-electron chi connectivity index (χ1n) is 8.64. The van der Waals surface area contributed by atoms with Gasteiger partial charge in [0, 0.05) is 18.6 Å². The Morgan fingerprint density at radius 1 is 1.24 bits per heavy atom. The Labute approximate surface area is 155 Å². The number of nitrogens with zero attached hydrogens (tertiary/aromatic N) is 1. The van der Waals surface area contributed by atoms with Crippen molar-refractivity contribution in [1.82, 2.24) is 10.2 Å². The number of fused-ring (bicyclic) bond motifs is 2. The molecule has 140 valence electrons. The van der Waals surface area contributed by atoms with Crippen LogP contribution in [0.4, 0.5) is 5.69 Å². The van der Waals surface area contributed by atoms with Gasteiger partial charge in [-0.1, -0.05) is 19.1 Å². The van der Waals surface area contributed by atoms with Gasteiger partial charge in [0.2, 0.25) is 10.0 Å². The molecule has 0 spiro atoms. The highest BCUT2D eigenvalue weighted by Crippen LogP contribution is 2.31. The van der Waals surface area contributed by atoms with Crippen LogP contribution in [0.2, 0.25) is 0 Å². The van der Waals surface area contributed by atoms with Crippen molar-refractivity contribution in [3.63, 3.8) is 0 Å². The zero-order valence-electron chi connectivity index (χ0n) is 14.4. The van der Waals surface area contributed by atoms with Gasteiger partial charge >= 0.3 is 0 Å². The molecule has 0 saturated carbocycles. The highest BCUT2D eigenvalue weighted by atomic mass is 35.5. The van der Waals surface area contributed by atoms with E-state index in [0.29, 0.717) is 17.7 Å². The lowest BCUT2D eigenvalue weighted by Gasteiger charge is -2.28. The van der Waals surface area contributed by atoms with E-state index >= 15 is 0 Å². The number of rotatable bonds is 5. The molecule has 2 atom stereocenters. The Morgan fingerprint density at radius 2 is 1.96 bits per heavy atom. The Morgan fingerprint density at radius 3 is 2.72 bits per heavy atom. The van der Waals surface area contributed by atoms with E-state index in [9.17, 15) is 13.2 Å².